The lowest BCUT2D eigenvalue weighted by Crippen LogP contribution is -2.28. The van der Waals surface area contributed by atoms with Crippen LogP contribution in [0.2, 0.25) is 0 Å². The fourth-order valence-corrected chi connectivity index (χ4v) is 2.83. The number of thiophene rings is 1. The summed E-state index contributed by atoms with van der Waals surface area (Å²) in [5, 5.41) is 12.5. The summed E-state index contributed by atoms with van der Waals surface area (Å²) in [4.78, 5) is 13.2. The van der Waals surface area contributed by atoms with Crippen molar-refractivity contribution in [2.24, 2.45) is 7.05 Å². The molecule has 0 aromatic carbocycles. The van der Waals surface area contributed by atoms with Crippen molar-refractivity contribution in [3.05, 3.63) is 34.2 Å². The minimum atomic E-state index is -0.533. The van der Waals surface area contributed by atoms with Gasteiger partial charge >= 0.3 is 6.09 Å². The molecule has 0 aliphatic rings. The van der Waals surface area contributed by atoms with Crippen LogP contribution in [0.4, 0.5) is 10.6 Å². The van der Waals surface area contributed by atoms with E-state index in [0.717, 1.165) is 5.56 Å². The SMILES string of the molecule is CC(NCc1cnn(C)c1NC(=O)OC(C)(C)C)c1cccs1. The molecular weight excluding hydrogens is 312 g/mol. The first kappa shape index (κ1) is 17.5. The Balaban J connectivity index is 1.99. The highest BCUT2D eigenvalue weighted by Gasteiger charge is 2.19. The first-order valence-electron chi connectivity index (χ1n) is 7.54. The summed E-state index contributed by atoms with van der Waals surface area (Å²) in [6.45, 7) is 8.23. The van der Waals surface area contributed by atoms with E-state index in [-0.39, 0.29) is 6.04 Å². The van der Waals surface area contributed by atoms with Crippen molar-refractivity contribution < 1.29 is 9.53 Å². The number of aromatic nitrogens is 2. The van der Waals surface area contributed by atoms with Gasteiger partial charge in [-0.05, 0) is 39.1 Å². The number of aryl methyl sites for hydroxylation is 1. The molecule has 6 nitrogen and oxygen atoms in total. The molecule has 1 unspecified atom stereocenters. The van der Waals surface area contributed by atoms with Gasteiger partial charge in [0.1, 0.15) is 11.4 Å². The molecule has 0 saturated carbocycles. The maximum atomic E-state index is 12.0. The highest BCUT2D eigenvalue weighted by Crippen LogP contribution is 2.21. The zero-order valence-corrected chi connectivity index (χ0v) is 15.0. The number of amides is 1. The van der Waals surface area contributed by atoms with Crippen LogP contribution in [0, 0.1) is 0 Å². The zero-order chi connectivity index (χ0) is 17.0. The molecule has 1 atom stereocenters. The van der Waals surface area contributed by atoms with E-state index in [1.165, 1.54) is 4.88 Å². The van der Waals surface area contributed by atoms with Crippen LogP contribution in [0.3, 0.4) is 0 Å². The third-order valence-electron chi connectivity index (χ3n) is 3.20. The molecule has 23 heavy (non-hydrogen) atoms. The molecule has 2 heterocycles. The summed E-state index contributed by atoms with van der Waals surface area (Å²) in [5.41, 5.74) is 0.385. The number of anilines is 1. The largest absolute Gasteiger partial charge is 0.444 e. The van der Waals surface area contributed by atoms with Crippen molar-refractivity contribution in [1.29, 1.82) is 0 Å². The van der Waals surface area contributed by atoms with Gasteiger partial charge in [-0.25, -0.2) is 4.79 Å². The molecule has 0 aliphatic heterocycles. The van der Waals surface area contributed by atoms with Crippen LogP contribution in [0.5, 0.6) is 0 Å². The van der Waals surface area contributed by atoms with E-state index < -0.39 is 11.7 Å². The first-order valence-corrected chi connectivity index (χ1v) is 8.42. The van der Waals surface area contributed by atoms with Gasteiger partial charge in [0.15, 0.2) is 0 Å². The summed E-state index contributed by atoms with van der Waals surface area (Å²) in [6, 6.07) is 4.38. The second kappa shape index (κ2) is 7.14. The van der Waals surface area contributed by atoms with Crippen LogP contribution in [0.25, 0.3) is 0 Å². The average molecular weight is 336 g/mol. The summed E-state index contributed by atoms with van der Waals surface area (Å²) in [5.74, 6) is 0.644. The number of nitrogens with one attached hydrogen (secondary N) is 2. The topological polar surface area (TPSA) is 68.2 Å². The Bertz CT molecular complexity index is 644. The van der Waals surface area contributed by atoms with Gasteiger partial charge in [0.2, 0.25) is 0 Å². The highest BCUT2D eigenvalue weighted by atomic mass is 32.1. The van der Waals surface area contributed by atoms with E-state index in [9.17, 15) is 4.79 Å². The second-order valence-electron chi connectivity index (χ2n) is 6.39. The second-order valence-corrected chi connectivity index (χ2v) is 7.37. The van der Waals surface area contributed by atoms with Crippen molar-refractivity contribution in [3.63, 3.8) is 0 Å². The van der Waals surface area contributed by atoms with Crippen molar-refractivity contribution in [2.45, 2.75) is 45.9 Å². The van der Waals surface area contributed by atoms with Crippen molar-refractivity contribution in [1.82, 2.24) is 15.1 Å². The quantitative estimate of drug-likeness (QED) is 0.874. The number of ether oxygens (including phenoxy) is 1. The summed E-state index contributed by atoms with van der Waals surface area (Å²) in [7, 11) is 1.79. The molecule has 7 heteroatoms. The van der Waals surface area contributed by atoms with E-state index in [4.69, 9.17) is 4.74 Å². The predicted molar refractivity (Wildman–Crippen MR) is 92.6 cm³/mol. The summed E-state index contributed by atoms with van der Waals surface area (Å²) in [6.07, 6.45) is 1.27. The molecule has 2 aromatic heterocycles. The van der Waals surface area contributed by atoms with Gasteiger partial charge in [0, 0.05) is 30.1 Å². The Labute approximate surface area is 140 Å². The molecular formula is C16H24N4O2S. The Morgan fingerprint density at radius 2 is 2.22 bits per heavy atom. The molecule has 2 rings (SSSR count). The minimum absolute atomic E-state index is 0.240. The Morgan fingerprint density at radius 3 is 2.83 bits per heavy atom. The highest BCUT2D eigenvalue weighted by molar-refractivity contribution is 7.10. The van der Waals surface area contributed by atoms with Crippen LogP contribution in [-0.2, 0) is 18.3 Å². The number of hydrogen-bond donors (Lipinski definition) is 2. The number of hydrogen-bond acceptors (Lipinski definition) is 5. The van der Waals surface area contributed by atoms with E-state index in [2.05, 4.69) is 34.1 Å². The van der Waals surface area contributed by atoms with Gasteiger partial charge in [-0.2, -0.15) is 5.10 Å². The van der Waals surface area contributed by atoms with Gasteiger partial charge in [-0.1, -0.05) is 6.07 Å². The van der Waals surface area contributed by atoms with Crippen molar-refractivity contribution in [2.75, 3.05) is 5.32 Å². The Kier molecular flexibility index (Phi) is 5.43. The smallest absolute Gasteiger partial charge is 0.413 e. The number of nitrogens with zero attached hydrogens (tertiary/aromatic N) is 2. The van der Waals surface area contributed by atoms with Crippen LogP contribution in [-0.4, -0.2) is 21.5 Å². The van der Waals surface area contributed by atoms with Crippen molar-refractivity contribution >= 4 is 23.2 Å². The normalized spacial score (nSPS) is 12.9. The summed E-state index contributed by atoms with van der Waals surface area (Å²) < 4.78 is 6.93. The van der Waals surface area contributed by atoms with E-state index in [1.54, 1.807) is 29.3 Å². The molecule has 2 N–H and O–H groups in total. The van der Waals surface area contributed by atoms with Crippen molar-refractivity contribution in [3.8, 4) is 0 Å². The third kappa shape index (κ3) is 5.07. The van der Waals surface area contributed by atoms with Gasteiger partial charge < -0.3 is 10.1 Å². The Morgan fingerprint density at radius 1 is 1.48 bits per heavy atom. The molecule has 126 valence electrons. The number of carbonyl (C=O) groups excluding carboxylic acids is 1. The molecule has 0 fully saturated rings. The van der Waals surface area contributed by atoms with E-state index in [0.29, 0.717) is 12.4 Å². The fourth-order valence-electron chi connectivity index (χ4n) is 2.08. The number of rotatable bonds is 5. The van der Waals surface area contributed by atoms with Crippen LogP contribution in [0.15, 0.2) is 23.7 Å². The maximum absolute atomic E-state index is 12.0. The average Bonchev–Trinajstić information content (AvgIpc) is 3.06. The molecule has 0 saturated heterocycles. The molecule has 1 amide bonds. The van der Waals surface area contributed by atoms with Gasteiger partial charge in [0.25, 0.3) is 0 Å². The zero-order valence-electron chi connectivity index (χ0n) is 14.2. The lowest BCUT2D eigenvalue weighted by Gasteiger charge is -2.20. The predicted octanol–water partition coefficient (Wildman–Crippen LogP) is 3.68. The van der Waals surface area contributed by atoms with Gasteiger partial charge in [-0.15, -0.1) is 11.3 Å². The number of carbonyl (C=O) groups is 1. The van der Waals surface area contributed by atoms with E-state index >= 15 is 0 Å². The first-order chi connectivity index (χ1) is 10.8. The minimum Gasteiger partial charge on any atom is -0.444 e. The molecule has 2 aromatic rings. The Hall–Kier alpha value is -1.86. The molecule has 0 bridgehead atoms. The molecule has 0 aliphatic carbocycles. The maximum Gasteiger partial charge on any atom is 0.413 e. The summed E-state index contributed by atoms with van der Waals surface area (Å²) >= 11 is 1.72. The monoisotopic (exact) mass is 336 g/mol. The van der Waals surface area contributed by atoms with Crippen LogP contribution >= 0.6 is 11.3 Å². The lowest BCUT2D eigenvalue weighted by atomic mass is 10.2. The van der Waals surface area contributed by atoms with Gasteiger partial charge in [0.05, 0.1) is 6.20 Å². The van der Waals surface area contributed by atoms with Crippen LogP contribution in [0.1, 0.15) is 44.2 Å². The van der Waals surface area contributed by atoms with Crippen LogP contribution < -0.4 is 10.6 Å². The molecule has 0 radical (unpaired) electrons. The third-order valence-corrected chi connectivity index (χ3v) is 4.26. The van der Waals surface area contributed by atoms with Gasteiger partial charge in [-0.3, -0.25) is 10.00 Å². The standard InChI is InChI=1S/C16H24N4O2S/c1-11(13-7-6-8-23-13)17-9-12-10-18-20(5)14(12)19-15(21)22-16(2,3)4/h6-8,10-11,17H,9H2,1-5H3,(H,19,21). The van der Waals surface area contributed by atoms with E-state index in [1.807, 2.05) is 26.8 Å². The fraction of sp³-hybridized carbons (Fsp3) is 0.500. The lowest BCUT2D eigenvalue weighted by molar-refractivity contribution is 0.0634. The molecule has 0 spiro atoms.